The number of halogens is 1. The summed E-state index contributed by atoms with van der Waals surface area (Å²) in [4.78, 5) is 23.8. The van der Waals surface area contributed by atoms with Gasteiger partial charge < -0.3 is 16.8 Å². The number of carbonyl (C=O) groups excluding carboxylic acids is 2. The summed E-state index contributed by atoms with van der Waals surface area (Å²) in [5.74, 6) is -0.666. The number of amides is 2. The van der Waals surface area contributed by atoms with Gasteiger partial charge in [-0.15, -0.1) is 23.1 Å². The number of thioether (sulfide) groups is 1. The van der Waals surface area contributed by atoms with E-state index in [0.29, 0.717) is 21.3 Å². The SMILES string of the molecule is NC(=O)c1ccsc1NC(=O)CSc1cc(N)ccc1Cl. The van der Waals surface area contributed by atoms with E-state index in [9.17, 15) is 9.59 Å². The third-order valence-electron chi connectivity index (χ3n) is 2.50. The van der Waals surface area contributed by atoms with Gasteiger partial charge in [-0.3, -0.25) is 9.59 Å². The number of nitrogens with one attached hydrogen (secondary N) is 1. The fourth-order valence-electron chi connectivity index (χ4n) is 1.54. The second-order valence-electron chi connectivity index (χ2n) is 4.05. The van der Waals surface area contributed by atoms with E-state index in [1.807, 2.05) is 0 Å². The van der Waals surface area contributed by atoms with Crippen LogP contribution in [0.15, 0.2) is 34.5 Å². The normalized spacial score (nSPS) is 10.3. The molecule has 0 radical (unpaired) electrons. The Morgan fingerprint density at radius 2 is 2.10 bits per heavy atom. The van der Waals surface area contributed by atoms with Crippen molar-refractivity contribution in [1.29, 1.82) is 0 Å². The zero-order valence-corrected chi connectivity index (χ0v) is 13.1. The Morgan fingerprint density at radius 1 is 1.33 bits per heavy atom. The highest BCUT2D eigenvalue weighted by Gasteiger charge is 2.13. The van der Waals surface area contributed by atoms with Gasteiger partial charge in [0, 0.05) is 10.6 Å². The molecule has 0 saturated carbocycles. The fourth-order valence-corrected chi connectivity index (χ4v) is 3.41. The number of rotatable bonds is 5. The Morgan fingerprint density at radius 3 is 2.81 bits per heavy atom. The molecule has 5 nitrogen and oxygen atoms in total. The van der Waals surface area contributed by atoms with Crippen molar-refractivity contribution in [2.45, 2.75) is 4.90 Å². The molecule has 0 aliphatic carbocycles. The molecule has 2 rings (SSSR count). The molecule has 0 saturated heterocycles. The maximum absolute atomic E-state index is 11.9. The lowest BCUT2D eigenvalue weighted by Crippen LogP contribution is -2.17. The Kier molecular flexibility index (Phi) is 5.11. The molecule has 1 heterocycles. The van der Waals surface area contributed by atoms with E-state index >= 15 is 0 Å². The highest BCUT2D eigenvalue weighted by atomic mass is 35.5. The summed E-state index contributed by atoms with van der Waals surface area (Å²) in [5, 5.41) is 5.34. The summed E-state index contributed by atoms with van der Waals surface area (Å²) >= 11 is 8.54. The Labute approximate surface area is 134 Å². The first kappa shape index (κ1) is 15.7. The van der Waals surface area contributed by atoms with Gasteiger partial charge in [-0.2, -0.15) is 0 Å². The molecule has 2 amide bonds. The van der Waals surface area contributed by atoms with Gasteiger partial charge in [0.05, 0.1) is 16.3 Å². The second-order valence-corrected chi connectivity index (χ2v) is 6.39. The van der Waals surface area contributed by atoms with Gasteiger partial charge in [0.15, 0.2) is 0 Å². The summed E-state index contributed by atoms with van der Waals surface area (Å²) in [6.07, 6.45) is 0. The fraction of sp³-hybridized carbons (Fsp3) is 0.0769. The van der Waals surface area contributed by atoms with Crippen LogP contribution in [-0.4, -0.2) is 17.6 Å². The molecular weight excluding hydrogens is 330 g/mol. The van der Waals surface area contributed by atoms with Crippen LogP contribution >= 0.6 is 34.7 Å². The molecule has 0 bridgehead atoms. The van der Waals surface area contributed by atoms with Crippen molar-refractivity contribution in [3.8, 4) is 0 Å². The number of benzene rings is 1. The first-order valence-electron chi connectivity index (χ1n) is 5.82. The number of thiophene rings is 1. The number of nitrogens with two attached hydrogens (primary N) is 2. The van der Waals surface area contributed by atoms with Crippen LogP contribution in [0.3, 0.4) is 0 Å². The lowest BCUT2D eigenvalue weighted by atomic mass is 10.3. The van der Waals surface area contributed by atoms with E-state index in [0.717, 1.165) is 4.90 Å². The minimum Gasteiger partial charge on any atom is -0.399 e. The average Bonchev–Trinajstić information content (AvgIpc) is 2.88. The summed E-state index contributed by atoms with van der Waals surface area (Å²) in [6.45, 7) is 0. The van der Waals surface area contributed by atoms with Crippen molar-refractivity contribution in [3.05, 3.63) is 40.2 Å². The maximum Gasteiger partial charge on any atom is 0.251 e. The third kappa shape index (κ3) is 4.13. The standard InChI is InChI=1S/C13H12ClN3O2S2/c14-9-2-1-7(15)5-10(9)21-6-11(18)17-13-8(12(16)19)3-4-20-13/h1-5H,6,15H2,(H2,16,19)(H,17,18). The monoisotopic (exact) mass is 341 g/mol. The largest absolute Gasteiger partial charge is 0.399 e. The quantitative estimate of drug-likeness (QED) is 0.575. The van der Waals surface area contributed by atoms with Gasteiger partial charge in [0.25, 0.3) is 5.91 Å². The van der Waals surface area contributed by atoms with Crippen LogP contribution in [0.5, 0.6) is 0 Å². The van der Waals surface area contributed by atoms with E-state index < -0.39 is 5.91 Å². The lowest BCUT2D eigenvalue weighted by molar-refractivity contribution is -0.113. The first-order valence-corrected chi connectivity index (χ1v) is 8.06. The lowest BCUT2D eigenvalue weighted by Gasteiger charge is -2.06. The van der Waals surface area contributed by atoms with E-state index in [4.69, 9.17) is 23.1 Å². The van der Waals surface area contributed by atoms with Gasteiger partial charge in [-0.05, 0) is 29.6 Å². The van der Waals surface area contributed by atoms with Crippen LogP contribution in [0.2, 0.25) is 5.02 Å². The topological polar surface area (TPSA) is 98.2 Å². The maximum atomic E-state index is 11.9. The summed E-state index contributed by atoms with van der Waals surface area (Å²) in [6, 6.07) is 6.66. The summed E-state index contributed by atoms with van der Waals surface area (Å²) in [5.41, 5.74) is 11.8. The molecule has 1 aromatic carbocycles. The highest BCUT2D eigenvalue weighted by Crippen LogP contribution is 2.29. The van der Waals surface area contributed by atoms with Gasteiger partial charge in [-0.1, -0.05) is 11.6 Å². The number of hydrogen-bond donors (Lipinski definition) is 3. The van der Waals surface area contributed by atoms with Crippen LogP contribution in [-0.2, 0) is 4.79 Å². The Hall–Kier alpha value is -1.70. The van der Waals surface area contributed by atoms with E-state index in [1.54, 1.807) is 29.6 Å². The predicted molar refractivity (Wildman–Crippen MR) is 88.1 cm³/mol. The molecule has 0 fully saturated rings. The molecular formula is C13H12ClN3O2S2. The molecule has 0 aliphatic heterocycles. The van der Waals surface area contributed by atoms with E-state index in [-0.39, 0.29) is 11.7 Å². The van der Waals surface area contributed by atoms with Crippen LogP contribution in [0.4, 0.5) is 10.7 Å². The highest BCUT2D eigenvalue weighted by molar-refractivity contribution is 8.00. The minimum atomic E-state index is -0.571. The predicted octanol–water partition coefficient (Wildman–Crippen LogP) is 2.81. The number of anilines is 2. The van der Waals surface area contributed by atoms with Crippen molar-refractivity contribution in [2.24, 2.45) is 5.73 Å². The molecule has 5 N–H and O–H groups in total. The molecule has 0 aliphatic rings. The van der Waals surface area contributed by atoms with Crippen LogP contribution in [0.25, 0.3) is 0 Å². The smallest absolute Gasteiger partial charge is 0.251 e. The molecule has 110 valence electrons. The van der Waals surface area contributed by atoms with Crippen LogP contribution < -0.4 is 16.8 Å². The van der Waals surface area contributed by atoms with Gasteiger partial charge in [0.2, 0.25) is 5.91 Å². The van der Waals surface area contributed by atoms with Gasteiger partial charge in [-0.25, -0.2) is 0 Å². The zero-order valence-electron chi connectivity index (χ0n) is 10.8. The minimum absolute atomic E-state index is 0.152. The average molecular weight is 342 g/mol. The van der Waals surface area contributed by atoms with Gasteiger partial charge >= 0.3 is 0 Å². The molecule has 0 unspecified atom stereocenters. The van der Waals surface area contributed by atoms with Crippen molar-refractivity contribution in [3.63, 3.8) is 0 Å². The van der Waals surface area contributed by atoms with Crippen molar-refractivity contribution in [2.75, 3.05) is 16.8 Å². The van der Waals surface area contributed by atoms with Crippen molar-refractivity contribution < 1.29 is 9.59 Å². The third-order valence-corrected chi connectivity index (χ3v) is 4.82. The number of primary amides is 1. The zero-order chi connectivity index (χ0) is 15.4. The van der Waals surface area contributed by atoms with Crippen molar-refractivity contribution >= 4 is 57.2 Å². The van der Waals surface area contributed by atoms with Crippen LogP contribution in [0, 0.1) is 0 Å². The summed E-state index contributed by atoms with van der Waals surface area (Å²) < 4.78 is 0. The van der Waals surface area contributed by atoms with E-state index in [1.165, 1.54) is 23.1 Å². The van der Waals surface area contributed by atoms with Crippen LogP contribution in [0.1, 0.15) is 10.4 Å². The number of nitrogen functional groups attached to an aromatic ring is 1. The van der Waals surface area contributed by atoms with Gasteiger partial charge in [0.1, 0.15) is 5.00 Å². The van der Waals surface area contributed by atoms with Crippen molar-refractivity contribution in [1.82, 2.24) is 0 Å². The Balaban J connectivity index is 1.98. The molecule has 0 spiro atoms. The second kappa shape index (κ2) is 6.84. The van der Waals surface area contributed by atoms with E-state index in [2.05, 4.69) is 5.32 Å². The Bertz CT molecular complexity index is 688. The molecule has 1 aromatic heterocycles. The molecule has 2 aromatic rings. The molecule has 8 heteroatoms. The first-order chi connectivity index (χ1) is 9.97. The number of carbonyl (C=O) groups is 2. The number of hydrogen-bond acceptors (Lipinski definition) is 5. The molecule has 21 heavy (non-hydrogen) atoms. The summed E-state index contributed by atoms with van der Waals surface area (Å²) in [7, 11) is 0. The molecule has 0 atom stereocenters.